The van der Waals surface area contributed by atoms with Gasteiger partial charge in [-0.05, 0) is 31.3 Å². The largest absolute Gasteiger partial charge is 0.484 e. The maximum Gasteiger partial charge on any atom is 0.260 e. The SMILES string of the molecule is CN1CCN(C(=O)COc2ccc(S(=O)(=O)N3CCOCC3)cc2)CC1. The van der Waals surface area contributed by atoms with E-state index in [1.165, 1.54) is 16.4 Å². The molecule has 0 spiro atoms. The van der Waals surface area contributed by atoms with E-state index in [0.29, 0.717) is 45.1 Å². The van der Waals surface area contributed by atoms with Crippen LogP contribution in [-0.2, 0) is 19.6 Å². The summed E-state index contributed by atoms with van der Waals surface area (Å²) < 4.78 is 37.3. The molecule has 144 valence electrons. The Hall–Kier alpha value is -1.68. The Kier molecular flexibility index (Phi) is 6.13. The third-order valence-electron chi connectivity index (χ3n) is 4.65. The Morgan fingerprint density at radius 2 is 1.65 bits per heavy atom. The van der Waals surface area contributed by atoms with Gasteiger partial charge in [0.15, 0.2) is 6.61 Å². The van der Waals surface area contributed by atoms with Gasteiger partial charge in [-0.1, -0.05) is 0 Å². The molecule has 9 heteroatoms. The van der Waals surface area contributed by atoms with Crippen LogP contribution >= 0.6 is 0 Å². The Labute approximate surface area is 154 Å². The first kappa shape index (κ1) is 19.1. The second kappa shape index (κ2) is 8.34. The van der Waals surface area contributed by atoms with Crippen LogP contribution in [0.2, 0.25) is 0 Å². The van der Waals surface area contributed by atoms with E-state index in [0.717, 1.165) is 13.1 Å². The molecule has 26 heavy (non-hydrogen) atoms. The molecule has 0 radical (unpaired) electrons. The standard InChI is InChI=1S/C17H25N3O5S/c1-18-6-8-19(9-7-18)17(21)14-25-15-2-4-16(5-3-15)26(22,23)20-10-12-24-13-11-20/h2-5H,6-14H2,1H3. The van der Waals surface area contributed by atoms with Crippen LogP contribution in [0, 0.1) is 0 Å². The van der Waals surface area contributed by atoms with Crippen molar-refractivity contribution < 1.29 is 22.7 Å². The number of nitrogens with zero attached hydrogens (tertiary/aromatic N) is 3. The minimum atomic E-state index is -3.51. The number of sulfonamides is 1. The minimum absolute atomic E-state index is 0.0424. The lowest BCUT2D eigenvalue weighted by Crippen LogP contribution is -2.48. The van der Waals surface area contributed by atoms with E-state index in [1.54, 1.807) is 17.0 Å². The highest BCUT2D eigenvalue weighted by atomic mass is 32.2. The van der Waals surface area contributed by atoms with Crippen molar-refractivity contribution in [3.63, 3.8) is 0 Å². The lowest BCUT2D eigenvalue weighted by molar-refractivity contribution is -0.134. The van der Waals surface area contributed by atoms with Crippen molar-refractivity contribution >= 4 is 15.9 Å². The highest BCUT2D eigenvalue weighted by Gasteiger charge is 2.26. The van der Waals surface area contributed by atoms with E-state index in [9.17, 15) is 13.2 Å². The topological polar surface area (TPSA) is 79.4 Å². The molecular formula is C17H25N3O5S. The molecule has 0 bridgehead atoms. The molecule has 2 aliphatic heterocycles. The molecular weight excluding hydrogens is 358 g/mol. The Morgan fingerprint density at radius 1 is 1.04 bits per heavy atom. The first-order valence-corrected chi connectivity index (χ1v) is 10.2. The second-order valence-corrected chi connectivity index (χ2v) is 8.40. The Morgan fingerprint density at radius 3 is 2.27 bits per heavy atom. The number of piperazine rings is 1. The van der Waals surface area contributed by atoms with Crippen molar-refractivity contribution in [1.29, 1.82) is 0 Å². The third-order valence-corrected chi connectivity index (χ3v) is 6.56. The number of ether oxygens (including phenoxy) is 2. The van der Waals surface area contributed by atoms with Gasteiger partial charge in [-0.2, -0.15) is 4.31 Å². The predicted molar refractivity (Wildman–Crippen MR) is 95.6 cm³/mol. The van der Waals surface area contributed by atoms with Crippen LogP contribution in [-0.4, -0.2) is 94.6 Å². The molecule has 1 aromatic rings. The van der Waals surface area contributed by atoms with Crippen LogP contribution < -0.4 is 4.74 Å². The van der Waals surface area contributed by atoms with Gasteiger partial charge in [0.2, 0.25) is 10.0 Å². The number of morpholine rings is 1. The van der Waals surface area contributed by atoms with Crippen LogP contribution in [0.25, 0.3) is 0 Å². The lowest BCUT2D eigenvalue weighted by atomic mass is 10.3. The maximum absolute atomic E-state index is 12.6. The summed E-state index contributed by atoms with van der Waals surface area (Å²) in [4.78, 5) is 16.4. The molecule has 2 heterocycles. The van der Waals surface area contributed by atoms with Gasteiger partial charge in [0.25, 0.3) is 5.91 Å². The zero-order valence-corrected chi connectivity index (χ0v) is 15.8. The van der Waals surface area contributed by atoms with Gasteiger partial charge < -0.3 is 19.3 Å². The lowest BCUT2D eigenvalue weighted by Gasteiger charge is -2.32. The average Bonchev–Trinajstić information content (AvgIpc) is 2.67. The van der Waals surface area contributed by atoms with Crippen molar-refractivity contribution in [2.24, 2.45) is 0 Å². The summed E-state index contributed by atoms with van der Waals surface area (Å²) in [7, 11) is -1.48. The number of hydrogen-bond donors (Lipinski definition) is 0. The van der Waals surface area contributed by atoms with E-state index < -0.39 is 10.0 Å². The van der Waals surface area contributed by atoms with Gasteiger partial charge in [-0.3, -0.25) is 4.79 Å². The number of carbonyl (C=O) groups excluding carboxylic acids is 1. The number of benzene rings is 1. The van der Waals surface area contributed by atoms with Crippen LogP contribution in [0.4, 0.5) is 0 Å². The highest BCUT2D eigenvalue weighted by molar-refractivity contribution is 7.89. The van der Waals surface area contributed by atoms with Crippen molar-refractivity contribution in [3.8, 4) is 5.75 Å². The van der Waals surface area contributed by atoms with Crippen LogP contribution in [0.5, 0.6) is 5.75 Å². The van der Waals surface area contributed by atoms with Crippen molar-refractivity contribution in [2.45, 2.75) is 4.90 Å². The molecule has 1 aromatic carbocycles. The van der Waals surface area contributed by atoms with Gasteiger partial charge >= 0.3 is 0 Å². The van der Waals surface area contributed by atoms with E-state index in [1.807, 2.05) is 7.05 Å². The van der Waals surface area contributed by atoms with Crippen molar-refractivity contribution in [2.75, 3.05) is 66.1 Å². The van der Waals surface area contributed by atoms with E-state index >= 15 is 0 Å². The number of hydrogen-bond acceptors (Lipinski definition) is 6. The summed E-state index contributed by atoms with van der Waals surface area (Å²) >= 11 is 0. The zero-order chi connectivity index (χ0) is 18.6. The van der Waals surface area contributed by atoms with Gasteiger partial charge in [0.1, 0.15) is 5.75 Å². The van der Waals surface area contributed by atoms with Crippen molar-refractivity contribution in [1.82, 2.24) is 14.1 Å². The Balaban J connectivity index is 1.55. The Bertz CT molecular complexity index is 708. The summed E-state index contributed by atoms with van der Waals surface area (Å²) in [5, 5.41) is 0. The summed E-state index contributed by atoms with van der Waals surface area (Å²) in [6.45, 7) is 4.63. The van der Waals surface area contributed by atoms with Gasteiger partial charge in [-0.15, -0.1) is 0 Å². The molecule has 0 unspecified atom stereocenters. The van der Waals surface area contributed by atoms with Crippen LogP contribution in [0.1, 0.15) is 0 Å². The van der Waals surface area contributed by atoms with Crippen LogP contribution in [0.15, 0.2) is 29.2 Å². The molecule has 3 rings (SSSR count). The van der Waals surface area contributed by atoms with Gasteiger partial charge in [0, 0.05) is 39.3 Å². The molecule has 8 nitrogen and oxygen atoms in total. The van der Waals surface area contributed by atoms with Gasteiger partial charge in [-0.25, -0.2) is 8.42 Å². The fraction of sp³-hybridized carbons (Fsp3) is 0.588. The van der Waals surface area contributed by atoms with E-state index in [-0.39, 0.29) is 17.4 Å². The zero-order valence-electron chi connectivity index (χ0n) is 15.0. The number of amides is 1. The molecule has 0 aromatic heterocycles. The quantitative estimate of drug-likeness (QED) is 0.704. The monoisotopic (exact) mass is 383 g/mol. The third kappa shape index (κ3) is 4.53. The second-order valence-electron chi connectivity index (χ2n) is 6.46. The van der Waals surface area contributed by atoms with Crippen molar-refractivity contribution in [3.05, 3.63) is 24.3 Å². The molecule has 2 saturated heterocycles. The van der Waals surface area contributed by atoms with E-state index in [4.69, 9.17) is 9.47 Å². The molecule has 0 aliphatic carbocycles. The maximum atomic E-state index is 12.6. The van der Waals surface area contributed by atoms with Gasteiger partial charge in [0.05, 0.1) is 18.1 Å². The number of carbonyl (C=O) groups is 1. The number of likely N-dealkylation sites (N-methyl/N-ethyl adjacent to an activating group) is 1. The summed E-state index contributed by atoms with van der Waals surface area (Å²) in [5.74, 6) is 0.427. The highest BCUT2D eigenvalue weighted by Crippen LogP contribution is 2.20. The molecule has 0 N–H and O–H groups in total. The molecule has 1 amide bonds. The first-order valence-electron chi connectivity index (χ1n) is 8.74. The minimum Gasteiger partial charge on any atom is -0.484 e. The number of rotatable bonds is 5. The van der Waals surface area contributed by atoms with Crippen LogP contribution in [0.3, 0.4) is 0 Å². The molecule has 2 aliphatic rings. The fourth-order valence-electron chi connectivity index (χ4n) is 2.94. The average molecular weight is 383 g/mol. The summed E-state index contributed by atoms with van der Waals surface area (Å²) in [5.41, 5.74) is 0. The van der Waals surface area contributed by atoms with E-state index in [2.05, 4.69) is 4.90 Å². The molecule has 2 fully saturated rings. The summed E-state index contributed by atoms with van der Waals surface area (Å²) in [6.07, 6.45) is 0. The summed E-state index contributed by atoms with van der Waals surface area (Å²) in [6, 6.07) is 6.20. The smallest absolute Gasteiger partial charge is 0.260 e. The predicted octanol–water partition coefficient (Wildman–Crippen LogP) is -0.140. The fourth-order valence-corrected chi connectivity index (χ4v) is 4.34. The normalized spacial score (nSPS) is 20.1. The molecule has 0 saturated carbocycles. The molecule has 0 atom stereocenters. The first-order chi connectivity index (χ1) is 12.5.